The second kappa shape index (κ2) is 5.12. The number of thioether (sulfide) groups is 1. The maximum atomic E-state index is 11.6. The largest absolute Gasteiger partial charge is 0.399 e. The predicted molar refractivity (Wildman–Crippen MR) is 68.7 cm³/mol. The highest BCUT2D eigenvalue weighted by Crippen LogP contribution is 2.17. The first kappa shape index (κ1) is 11.1. The minimum absolute atomic E-state index is 0.155. The van der Waals surface area contributed by atoms with E-state index in [1.165, 1.54) is 0 Å². The molecule has 0 spiro atoms. The number of amides is 2. The SMILES string of the molecule is Nc1cccc(NC(=O)NC2CCSC2)c1. The number of rotatable bonds is 2. The third-order valence-electron chi connectivity index (χ3n) is 2.41. The van der Waals surface area contributed by atoms with Crippen LogP contribution in [0.5, 0.6) is 0 Å². The van der Waals surface area contributed by atoms with Crippen LogP contribution < -0.4 is 16.4 Å². The molecule has 1 saturated heterocycles. The van der Waals surface area contributed by atoms with E-state index >= 15 is 0 Å². The summed E-state index contributed by atoms with van der Waals surface area (Å²) in [4.78, 5) is 11.6. The molecule has 0 radical (unpaired) electrons. The molecule has 0 saturated carbocycles. The fourth-order valence-electron chi connectivity index (χ4n) is 1.62. The van der Waals surface area contributed by atoms with Crippen LogP contribution in [0.1, 0.15) is 6.42 Å². The first-order valence-corrected chi connectivity index (χ1v) is 6.40. The van der Waals surface area contributed by atoms with Crippen LogP contribution in [0, 0.1) is 0 Å². The van der Waals surface area contributed by atoms with Crippen molar-refractivity contribution in [3.05, 3.63) is 24.3 Å². The number of nitrogens with two attached hydrogens (primary N) is 1. The van der Waals surface area contributed by atoms with Crippen LogP contribution in [0.3, 0.4) is 0 Å². The molecule has 86 valence electrons. The zero-order valence-electron chi connectivity index (χ0n) is 8.90. The Morgan fingerprint density at radius 1 is 1.50 bits per heavy atom. The monoisotopic (exact) mass is 237 g/mol. The molecule has 1 aliphatic rings. The van der Waals surface area contributed by atoms with Gasteiger partial charge in [0.15, 0.2) is 0 Å². The molecule has 16 heavy (non-hydrogen) atoms. The van der Waals surface area contributed by atoms with Gasteiger partial charge in [-0.2, -0.15) is 11.8 Å². The molecule has 0 bridgehead atoms. The van der Waals surface area contributed by atoms with Crippen molar-refractivity contribution in [3.8, 4) is 0 Å². The van der Waals surface area contributed by atoms with E-state index in [-0.39, 0.29) is 6.03 Å². The van der Waals surface area contributed by atoms with E-state index in [4.69, 9.17) is 5.73 Å². The van der Waals surface area contributed by atoms with Crippen LogP contribution in [0.25, 0.3) is 0 Å². The second-order valence-electron chi connectivity index (χ2n) is 3.78. The van der Waals surface area contributed by atoms with E-state index < -0.39 is 0 Å². The van der Waals surface area contributed by atoms with E-state index in [1.54, 1.807) is 12.1 Å². The summed E-state index contributed by atoms with van der Waals surface area (Å²) in [5, 5.41) is 5.71. The van der Waals surface area contributed by atoms with Gasteiger partial charge in [-0.05, 0) is 30.4 Å². The molecule has 4 N–H and O–H groups in total. The molecule has 5 heteroatoms. The van der Waals surface area contributed by atoms with Gasteiger partial charge in [-0.3, -0.25) is 0 Å². The fraction of sp³-hybridized carbons (Fsp3) is 0.364. The summed E-state index contributed by atoms with van der Waals surface area (Å²) in [5.74, 6) is 2.13. The van der Waals surface area contributed by atoms with Gasteiger partial charge in [0.05, 0.1) is 0 Å². The Labute approximate surface area is 99.0 Å². The van der Waals surface area contributed by atoms with Gasteiger partial charge in [-0.1, -0.05) is 6.07 Å². The lowest BCUT2D eigenvalue weighted by Gasteiger charge is -2.12. The van der Waals surface area contributed by atoms with E-state index in [0.717, 1.165) is 23.6 Å². The summed E-state index contributed by atoms with van der Waals surface area (Å²) < 4.78 is 0. The van der Waals surface area contributed by atoms with Crippen LogP contribution in [0.4, 0.5) is 16.2 Å². The maximum Gasteiger partial charge on any atom is 0.319 e. The molecule has 2 rings (SSSR count). The Morgan fingerprint density at radius 3 is 3.06 bits per heavy atom. The maximum absolute atomic E-state index is 11.6. The average Bonchev–Trinajstić information content (AvgIpc) is 2.70. The van der Waals surface area contributed by atoms with Crippen molar-refractivity contribution in [1.82, 2.24) is 5.32 Å². The Hall–Kier alpha value is -1.36. The third kappa shape index (κ3) is 3.06. The lowest BCUT2D eigenvalue weighted by molar-refractivity contribution is 0.249. The summed E-state index contributed by atoms with van der Waals surface area (Å²) >= 11 is 1.87. The molecule has 1 unspecified atom stereocenters. The number of anilines is 2. The van der Waals surface area contributed by atoms with Crippen LogP contribution in [0.2, 0.25) is 0 Å². The second-order valence-corrected chi connectivity index (χ2v) is 4.93. The van der Waals surface area contributed by atoms with Crippen molar-refractivity contribution in [3.63, 3.8) is 0 Å². The van der Waals surface area contributed by atoms with E-state index in [9.17, 15) is 4.79 Å². The summed E-state index contributed by atoms with van der Waals surface area (Å²) in [6.07, 6.45) is 1.05. The Morgan fingerprint density at radius 2 is 2.38 bits per heavy atom. The van der Waals surface area contributed by atoms with Gasteiger partial charge in [0.1, 0.15) is 0 Å². The zero-order chi connectivity index (χ0) is 11.4. The van der Waals surface area contributed by atoms with Crippen LogP contribution in [0.15, 0.2) is 24.3 Å². The average molecular weight is 237 g/mol. The topological polar surface area (TPSA) is 67.1 Å². The lowest BCUT2D eigenvalue weighted by Crippen LogP contribution is -2.37. The molecule has 0 aliphatic carbocycles. The molecule has 1 heterocycles. The number of nitrogen functional groups attached to an aromatic ring is 1. The normalized spacial score (nSPS) is 19.4. The van der Waals surface area contributed by atoms with Gasteiger partial charge in [-0.15, -0.1) is 0 Å². The zero-order valence-corrected chi connectivity index (χ0v) is 9.72. The molecule has 1 atom stereocenters. The summed E-state index contributed by atoms with van der Waals surface area (Å²) in [6, 6.07) is 7.30. The van der Waals surface area contributed by atoms with Crippen LogP contribution in [-0.4, -0.2) is 23.6 Å². The van der Waals surface area contributed by atoms with Crippen LogP contribution >= 0.6 is 11.8 Å². The number of carbonyl (C=O) groups is 1. The highest BCUT2D eigenvalue weighted by Gasteiger charge is 2.17. The first-order valence-electron chi connectivity index (χ1n) is 5.25. The van der Waals surface area contributed by atoms with Crippen LogP contribution in [-0.2, 0) is 0 Å². The van der Waals surface area contributed by atoms with Gasteiger partial charge in [-0.25, -0.2) is 4.79 Å². The predicted octanol–water partition coefficient (Wildman–Crippen LogP) is 1.90. The number of urea groups is 1. The highest BCUT2D eigenvalue weighted by molar-refractivity contribution is 7.99. The summed E-state index contributed by atoms with van der Waals surface area (Å²) in [5.41, 5.74) is 7.00. The number of nitrogens with one attached hydrogen (secondary N) is 2. The van der Waals surface area contributed by atoms with Crippen molar-refractivity contribution in [2.45, 2.75) is 12.5 Å². The van der Waals surface area contributed by atoms with Gasteiger partial charge >= 0.3 is 6.03 Å². The Balaban J connectivity index is 1.86. The van der Waals surface area contributed by atoms with Gasteiger partial charge in [0.2, 0.25) is 0 Å². The quantitative estimate of drug-likeness (QED) is 0.688. The van der Waals surface area contributed by atoms with E-state index in [2.05, 4.69) is 10.6 Å². The summed E-state index contributed by atoms with van der Waals surface area (Å²) in [6.45, 7) is 0. The van der Waals surface area contributed by atoms with E-state index in [1.807, 2.05) is 23.9 Å². The molecule has 1 fully saturated rings. The van der Waals surface area contributed by atoms with Crippen molar-refractivity contribution in [2.24, 2.45) is 0 Å². The first-order chi connectivity index (χ1) is 7.74. The highest BCUT2D eigenvalue weighted by atomic mass is 32.2. The van der Waals surface area contributed by atoms with Crippen molar-refractivity contribution >= 4 is 29.2 Å². The Kier molecular flexibility index (Phi) is 3.56. The third-order valence-corrected chi connectivity index (χ3v) is 3.57. The van der Waals surface area contributed by atoms with Gasteiger partial charge < -0.3 is 16.4 Å². The van der Waals surface area contributed by atoms with Gasteiger partial charge in [0, 0.05) is 23.2 Å². The molecular formula is C11H15N3OS. The molecular weight excluding hydrogens is 222 g/mol. The molecule has 4 nitrogen and oxygen atoms in total. The minimum Gasteiger partial charge on any atom is -0.399 e. The summed E-state index contributed by atoms with van der Waals surface area (Å²) in [7, 11) is 0. The number of benzene rings is 1. The molecule has 1 aliphatic heterocycles. The van der Waals surface area contributed by atoms with Crippen molar-refractivity contribution in [1.29, 1.82) is 0 Å². The van der Waals surface area contributed by atoms with Crippen molar-refractivity contribution in [2.75, 3.05) is 22.6 Å². The standard InChI is InChI=1S/C11H15N3OS/c12-8-2-1-3-9(6-8)13-11(15)14-10-4-5-16-7-10/h1-3,6,10H,4-5,7,12H2,(H2,13,14,15). The number of hydrogen-bond donors (Lipinski definition) is 3. The van der Waals surface area contributed by atoms with E-state index in [0.29, 0.717) is 11.7 Å². The molecule has 2 amide bonds. The lowest BCUT2D eigenvalue weighted by atomic mass is 10.2. The molecule has 1 aromatic rings. The minimum atomic E-state index is -0.155. The van der Waals surface area contributed by atoms with Crippen molar-refractivity contribution < 1.29 is 4.79 Å². The van der Waals surface area contributed by atoms with Gasteiger partial charge in [0.25, 0.3) is 0 Å². The fourth-order valence-corrected chi connectivity index (χ4v) is 2.77. The number of hydrogen-bond acceptors (Lipinski definition) is 3. The molecule has 1 aromatic carbocycles. The molecule has 0 aromatic heterocycles. The smallest absolute Gasteiger partial charge is 0.319 e. The Bertz CT molecular complexity index is 377. The number of carbonyl (C=O) groups excluding carboxylic acids is 1.